The minimum atomic E-state index is -0.267. The molecule has 2 rings (SSSR count). The fourth-order valence-corrected chi connectivity index (χ4v) is 2.23. The SMILES string of the molecule is COc1ccc(NC(=O)NCCOc2ccc(C(C)(C)C)cc2)cc1. The van der Waals surface area contributed by atoms with Gasteiger partial charge in [-0.1, -0.05) is 32.9 Å². The van der Waals surface area contributed by atoms with Gasteiger partial charge in [0.2, 0.25) is 0 Å². The second kappa shape index (κ2) is 8.42. The fourth-order valence-electron chi connectivity index (χ4n) is 2.23. The van der Waals surface area contributed by atoms with E-state index < -0.39 is 0 Å². The molecule has 0 spiro atoms. The molecule has 0 atom stereocenters. The molecule has 25 heavy (non-hydrogen) atoms. The topological polar surface area (TPSA) is 59.6 Å². The molecule has 0 aliphatic heterocycles. The zero-order chi connectivity index (χ0) is 18.3. The molecule has 5 heteroatoms. The van der Waals surface area contributed by atoms with Crippen LogP contribution >= 0.6 is 0 Å². The van der Waals surface area contributed by atoms with Crippen molar-refractivity contribution in [3.05, 3.63) is 54.1 Å². The number of amides is 2. The van der Waals surface area contributed by atoms with Crippen molar-refractivity contribution in [1.82, 2.24) is 5.32 Å². The summed E-state index contributed by atoms with van der Waals surface area (Å²) in [4.78, 5) is 11.8. The van der Waals surface area contributed by atoms with Crippen LogP contribution < -0.4 is 20.1 Å². The second-order valence-corrected chi connectivity index (χ2v) is 6.73. The molecule has 2 amide bonds. The highest BCUT2D eigenvalue weighted by Gasteiger charge is 2.12. The number of methoxy groups -OCH3 is 1. The molecule has 2 N–H and O–H groups in total. The Morgan fingerprint density at radius 2 is 1.56 bits per heavy atom. The van der Waals surface area contributed by atoms with E-state index in [9.17, 15) is 4.79 Å². The zero-order valence-corrected chi connectivity index (χ0v) is 15.3. The van der Waals surface area contributed by atoms with Crippen molar-refractivity contribution in [2.75, 3.05) is 25.6 Å². The molecule has 0 unspecified atom stereocenters. The van der Waals surface area contributed by atoms with Gasteiger partial charge in [-0.05, 0) is 47.4 Å². The number of urea groups is 1. The van der Waals surface area contributed by atoms with E-state index in [2.05, 4.69) is 43.5 Å². The van der Waals surface area contributed by atoms with Crippen LogP contribution in [0.3, 0.4) is 0 Å². The Morgan fingerprint density at radius 1 is 0.960 bits per heavy atom. The van der Waals surface area contributed by atoms with Crippen molar-refractivity contribution < 1.29 is 14.3 Å². The van der Waals surface area contributed by atoms with Gasteiger partial charge >= 0.3 is 6.03 Å². The average Bonchev–Trinajstić information content (AvgIpc) is 2.59. The Balaban J connectivity index is 1.70. The Bertz CT molecular complexity index is 674. The maximum absolute atomic E-state index is 11.8. The summed E-state index contributed by atoms with van der Waals surface area (Å²) < 4.78 is 10.7. The van der Waals surface area contributed by atoms with Crippen LogP contribution in [0.5, 0.6) is 11.5 Å². The largest absolute Gasteiger partial charge is 0.497 e. The number of hydrogen-bond donors (Lipinski definition) is 2. The first-order valence-electron chi connectivity index (χ1n) is 8.31. The zero-order valence-electron chi connectivity index (χ0n) is 15.3. The minimum Gasteiger partial charge on any atom is -0.497 e. The standard InChI is InChI=1S/C20H26N2O3/c1-20(2,3)15-5-9-18(10-6-15)25-14-13-21-19(23)22-16-7-11-17(24-4)12-8-16/h5-12H,13-14H2,1-4H3,(H2,21,22,23). The third kappa shape index (κ3) is 6.03. The van der Waals surface area contributed by atoms with Gasteiger partial charge in [0.25, 0.3) is 0 Å². The average molecular weight is 342 g/mol. The molecular weight excluding hydrogens is 316 g/mol. The molecule has 0 saturated heterocycles. The number of rotatable bonds is 6. The summed E-state index contributed by atoms with van der Waals surface area (Å²) in [6.45, 7) is 7.35. The van der Waals surface area contributed by atoms with Crippen molar-refractivity contribution in [2.45, 2.75) is 26.2 Å². The maximum Gasteiger partial charge on any atom is 0.319 e. The van der Waals surface area contributed by atoms with Gasteiger partial charge in [-0.3, -0.25) is 0 Å². The monoisotopic (exact) mass is 342 g/mol. The first-order chi connectivity index (χ1) is 11.9. The van der Waals surface area contributed by atoms with Crippen LogP contribution in [0.1, 0.15) is 26.3 Å². The van der Waals surface area contributed by atoms with E-state index in [0.717, 1.165) is 11.5 Å². The Hall–Kier alpha value is -2.69. The first-order valence-corrected chi connectivity index (χ1v) is 8.31. The summed E-state index contributed by atoms with van der Waals surface area (Å²) in [5, 5.41) is 5.51. The highest BCUT2D eigenvalue weighted by molar-refractivity contribution is 5.89. The van der Waals surface area contributed by atoms with Crippen molar-refractivity contribution in [3.8, 4) is 11.5 Å². The van der Waals surface area contributed by atoms with E-state index in [0.29, 0.717) is 18.8 Å². The van der Waals surface area contributed by atoms with Gasteiger partial charge in [-0.25, -0.2) is 4.79 Å². The number of hydrogen-bond acceptors (Lipinski definition) is 3. The molecule has 0 aliphatic carbocycles. The molecule has 2 aromatic rings. The smallest absolute Gasteiger partial charge is 0.319 e. The molecule has 0 bridgehead atoms. The van der Waals surface area contributed by atoms with Gasteiger partial charge in [-0.15, -0.1) is 0 Å². The van der Waals surface area contributed by atoms with Crippen LogP contribution in [-0.2, 0) is 5.41 Å². The van der Waals surface area contributed by atoms with E-state index in [1.807, 2.05) is 12.1 Å². The molecule has 0 aromatic heterocycles. The molecule has 2 aromatic carbocycles. The third-order valence-electron chi connectivity index (χ3n) is 3.72. The molecule has 134 valence electrons. The highest BCUT2D eigenvalue weighted by Crippen LogP contribution is 2.24. The number of ether oxygens (including phenoxy) is 2. The lowest BCUT2D eigenvalue weighted by atomic mass is 9.87. The number of carbonyl (C=O) groups excluding carboxylic acids is 1. The fraction of sp³-hybridized carbons (Fsp3) is 0.350. The summed E-state index contributed by atoms with van der Waals surface area (Å²) >= 11 is 0. The number of anilines is 1. The third-order valence-corrected chi connectivity index (χ3v) is 3.72. The summed E-state index contributed by atoms with van der Waals surface area (Å²) in [5.41, 5.74) is 2.09. The van der Waals surface area contributed by atoms with E-state index in [-0.39, 0.29) is 11.4 Å². The van der Waals surface area contributed by atoms with Gasteiger partial charge in [0.1, 0.15) is 18.1 Å². The second-order valence-electron chi connectivity index (χ2n) is 6.73. The number of carbonyl (C=O) groups is 1. The lowest BCUT2D eigenvalue weighted by Crippen LogP contribution is -2.32. The molecule has 0 saturated carbocycles. The Kier molecular flexibility index (Phi) is 6.28. The van der Waals surface area contributed by atoms with Crippen LogP contribution in [0.25, 0.3) is 0 Å². The van der Waals surface area contributed by atoms with Gasteiger partial charge < -0.3 is 20.1 Å². The van der Waals surface area contributed by atoms with Crippen molar-refractivity contribution in [3.63, 3.8) is 0 Å². The maximum atomic E-state index is 11.8. The summed E-state index contributed by atoms with van der Waals surface area (Å²) in [7, 11) is 1.60. The molecule has 0 aliphatic rings. The van der Waals surface area contributed by atoms with Crippen molar-refractivity contribution in [2.24, 2.45) is 0 Å². The van der Waals surface area contributed by atoms with Gasteiger partial charge in [-0.2, -0.15) is 0 Å². The Morgan fingerprint density at radius 3 is 2.12 bits per heavy atom. The summed E-state index contributed by atoms with van der Waals surface area (Å²) in [6.07, 6.45) is 0. The first kappa shape index (κ1) is 18.6. The molecular formula is C20H26N2O3. The van der Waals surface area contributed by atoms with Crippen molar-refractivity contribution >= 4 is 11.7 Å². The molecule has 0 fully saturated rings. The molecule has 5 nitrogen and oxygen atoms in total. The van der Waals surface area contributed by atoms with E-state index >= 15 is 0 Å². The summed E-state index contributed by atoms with van der Waals surface area (Å²) in [5.74, 6) is 1.54. The summed E-state index contributed by atoms with van der Waals surface area (Å²) in [6, 6.07) is 14.9. The molecule has 0 heterocycles. The quantitative estimate of drug-likeness (QED) is 0.774. The van der Waals surface area contributed by atoms with Gasteiger partial charge in [0, 0.05) is 5.69 Å². The minimum absolute atomic E-state index is 0.125. The lowest BCUT2D eigenvalue weighted by Gasteiger charge is -2.19. The van der Waals surface area contributed by atoms with Crippen LogP contribution in [0.4, 0.5) is 10.5 Å². The van der Waals surface area contributed by atoms with Crippen LogP contribution in [0.2, 0.25) is 0 Å². The lowest BCUT2D eigenvalue weighted by molar-refractivity contribution is 0.247. The Labute approximate surface area is 149 Å². The molecule has 0 radical (unpaired) electrons. The number of nitrogens with one attached hydrogen (secondary N) is 2. The van der Waals surface area contributed by atoms with Crippen LogP contribution in [0.15, 0.2) is 48.5 Å². The van der Waals surface area contributed by atoms with Gasteiger partial charge in [0.15, 0.2) is 0 Å². The van der Waals surface area contributed by atoms with E-state index in [1.54, 1.807) is 31.4 Å². The van der Waals surface area contributed by atoms with E-state index in [1.165, 1.54) is 5.56 Å². The predicted molar refractivity (Wildman–Crippen MR) is 101 cm³/mol. The van der Waals surface area contributed by atoms with Crippen LogP contribution in [0, 0.1) is 0 Å². The number of benzene rings is 2. The normalized spacial score (nSPS) is 10.9. The van der Waals surface area contributed by atoms with Crippen molar-refractivity contribution in [1.29, 1.82) is 0 Å². The predicted octanol–water partition coefficient (Wildman–Crippen LogP) is 4.19. The van der Waals surface area contributed by atoms with E-state index in [4.69, 9.17) is 9.47 Å². The van der Waals surface area contributed by atoms with Crippen LogP contribution in [-0.4, -0.2) is 26.3 Å². The highest BCUT2D eigenvalue weighted by atomic mass is 16.5. The van der Waals surface area contributed by atoms with Gasteiger partial charge in [0.05, 0.1) is 13.7 Å².